The van der Waals surface area contributed by atoms with Crippen LogP contribution >= 0.6 is 0 Å². The minimum Gasteiger partial charge on any atom is -0.497 e. The monoisotopic (exact) mass is 292 g/mol. The highest BCUT2D eigenvalue weighted by molar-refractivity contribution is 5.78. The van der Waals surface area contributed by atoms with Crippen molar-refractivity contribution in [1.82, 2.24) is 10.6 Å². The maximum atomic E-state index is 11.7. The van der Waals surface area contributed by atoms with E-state index in [1.54, 1.807) is 7.11 Å². The highest BCUT2D eigenvalue weighted by atomic mass is 16.5. The molecule has 2 amide bonds. The Kier molecular flexibility index (Phi) is 7.29. The summed E-state index contributed by atoms with van der Waals surface area (Å²) in [6, 6.07) is 7.68. The van der Waals surface area contributed by atoms with E-state index in [-0.39, 0.29) is 17.7 Å². The van der Waals surface area contributed by atoms with Crippen molar-refractivity contribution in [3.05, 3.63) is 29.8 Å². The molecule has 0 saturated carbocycles. The number of amides is 2. The molecule has 0 bridgehead atoms. The lowest BCUT2D eigenvalue weighted by molar-refractivity contribution is -0.124. The third-order valence-electron chi connectivity index (χ3n) is 3.05. The minimum absolute atomic E-state index is 0.000583. The van der Waals surface area contributed by atoms with Crippen LogP contribution in [0.5, 0.6) is 5.75 Å². The van der Waals surface area contributed by atoms with E-state index >= 15 is 0 Å². The van der Waals surface area contributed by atoms with Crippen LogP contribution in [-0.2, 0) is 16.0 Å². The van der Waals surface area contributed by atoms with Gasteiger partial charge in [-0.25, -0.2) is 0 Å². The van der Waals surface area contributed by atoms with Crippen molar-refractivity contribution in [3.8, 4) is 5.75 Å². The molecule has 116 valence electrons. The quantitative estimate of drug-likeness (QED) is 0.714. The van der Waals surface area contributed by atoms with Crippen LogP contribution in [0, 0.1) is 5.92 Å². The van der Waals surface area contributed by atoms with E-state index < -0.39 is 0 Å². The number of nitrogens with one attached hydrogen (secondary N) is 2. The molecule has 0 spiro atoms. The van der Waals surface area contributed by atoms with E-state index in [2.05, 4.69) is 10.6 Å². The van der Waals surface area contributed by atoms with Gasteiger partial charge in [-0.15, -0.1) is 0 Å². The van der Waals surface area contributed by atoms with Gasteiger partial charge >= 0.3 is 0 Å². The summed E-state index contributed by atoms with van der Waals surface area (Å²) in [5.74, 6) is 0.746. The summed E-state index contributed by atoms with van der Waals surface area (Å²) in [6.45, 7) is 4.58. The molecule has 0 unspecified atom stereocenters. The summed E-state index contributed by atoms with van der Waals surface area (Å²) in [5, 5.41) is 5.55. The predicted molar refractivity (Wildman–Crippen MR) is 82.2 cm³/mol. The highest BCUT2D eigenvalue weighted by Gasteiger charge is 2.06. The fourth-order valence-electron chi connectivity index (χ4n) is 1.77. The first-order valence-corrected chi connectivity index (χ1v) is 7.20. The van der Waals surface area contributed by atoms with Crippen molar-refractivity contribution < 1.29 is 14.3 Å². The van der Waals surface area contributed by atoms with Crippen molar-refractivity contribution in [2.45, 2.75) is 26.7 Å². The van der Waals surface area contributed by atoms with E-state index in [1.807, 2.05) is 38.1 Å². The van der Waals surface area contributed by atoms with E-state index in [1.165, 1.54) is 0 Å². The van der Waals surface area contributed by atoms with E-state index in [9.17, 15) is 9.59 Å². The molecule has 0 heterocycles. The number of hydrogen-bond donors (Lipinski definition) is 2. The Morgan fingerprint density at radius 1 is 1.19 bits per heavy atom. The van der Waals surface area contributed by atoms with E-state index in [0.29, 0.717) is 25.9 Å². The molecule has 0 aliphatic carbocycles. The minimum atomic E-state index is -0.0336. The lowest BCUT2D eigenvalue weighted by atomic mass is 10.1. The van der Waals surface area contributed by atoms with Crippen LogP contribution < -0.4 is 15.4 Å². The SMILES string of the molecule is COc1cccc(CCC(=O)NCCNC(=O)C(C)C)c1. The van der Waals surface area contributed by atoms with Gasteiger partial charge in [-0.1, -0.05) is 26.0 Å². The predicted octanol–water partition coefficient (Wildman–Crippen LogP) is 1.52. The van der Waals surface area contributed by atoms with Crippen LogP contribution in [-0.4, -0.2) is 32.0 Å². The fraction of sp³-hybridized carbons (Fsp3) is 0.500. The number of carbonyl (C=O) groups excluding carboxylic acids is 2. The second-order valence-corrected chi connectivity index (χ2v) is 5.15. The van der Waals surface area contributed by atoms with Gasteiger partial charge < -0.3 is 15.4 Å². The fourth-order valence-corrected chi connectivity index (χ4v) is 1.77. The normalized spacial score (nSPS) is 10.3. The molecular weight excluding hydrogens is 268 g/mol. The molecule has 1 aromatic carbocycles. The zero-order chi connectivity index (χ0) is 15.7. The molecule has 2 N–H and O–H groups in total. The molecular formula is C16H24N2O3. The molecule has 1 aromatic rings. The Hall–Kier alpha value is -2.04. The summed E-state index contributed by atoms with van der Waals surface area (Å²) in [5.41, 5.74) is 1.07. The molecule has 0 aliphatic rings. The lowest BCUT2D eigenvalue weighted by Gasteiger charge is -2.09. The van der Waals surface area contributed by atoms with Crippen molar-refractivity contribution in [3.63, 3.8) is 0 Å². The van der Waals surface area contributed by atoms with Gasteiger partial charge in [0, 0.05) is 25.4 Å². The standard InChI is InChI=1S/C16H24N2O3/c1-12(2)16(20)18-10-9-17-15(19)8-7-13-5-4-6-14(11-13)21-3/h4-6,11-12H,7-10H2,1-3H3,(H,17,19)(H,18,20). The number of rotatable bonds is 8. The average molecular weight is 292 g/mol. The summed E-state index contributed by atoms with van der Waals surface area (Å²) < 4.78 is 5.14. The number of ether oxygens (including phenoxy) is 1. The van der Waals surface area contributed by atoms with Crippen molar-refractivity contribution in [2.24, 2.45) is 5.92 Å². The van der Waals surface area contributed by atoms with Crippen molar-refractivity contribution in [2.75, 3.05) is 20.2 Å². The van der Waals surface area contributed by atoms with E-state index in [4.69, 9.17) is 4.74 Å². The third-order valence-corrected chi connectivity index (χ3v) is 3.05. The highest BCUT2D eigenvalue weighted by Crippen LogP contribution is 2.13. The molecule has 0 saturated heterocycles. The van der Waals surface area contributed by atoms with Crippen LogP contribution in [0.4, 0.5) is 0 Å². The van der Waals surface area contributed by atoms with Crippen LogP contribution in [0.15, 0.2) is 24.3 Å². The molecule has 0 atom stereocenters. The van der Waals surface area contributed by atoms with Gasteiger partial charge in [-0.3, -0.25) is 9.59 Å². The second-order valence-electron chi connectivity index (χ2n) is 5.15. The first-order valence-electron chi connectivity index (χ1n) is 7.20. The number of carbonyl (C=O) groups is 2. The second kappa shape index (κ2) is 9.00. The summed E-state index contributed by atoms with van der Waals surface area (Å²) >= 11 is 0. The summed E-state index contributed by atoms with van der Waals surface area (Å²) in [6.07, 6.45) is 1.09. The first kappa shape index (κ1) is 17.0. The average Bonchev–Trinajstić information content (AvgIpc) is 2.49. The molecule has 0 radical (unpaired) electrons. The van der Waals surface area contributed by atoms with E-state index in [0.717, 1.165) is 11.3 Å². The molecule has 1 rings (SSSR count). The van der Waals surface area contributed by atoms with Crippen LogP contribution in [0.2, 0.25) is 0 Å². The largest absolute Gasteiger partial charge is 0.497 e. The van der Waals surface area contributed by atoms with Gasteiger partial charge in [0.05, 0.1) is 7.11 Å². The van der Waals surface area contributed by atoms with Gasteiger partial charge in [0.1, 0.15) is 5.75 Å². The molecule has 0 aliphatic heterocycles. The molecule has 0 fully saturated rings. The van der Waals surface area contributed by atoms with Crippen LogP contribution in [0.25, 0.3) is 0 Å². The Morgan fingerprint density at radius 2 is 1.90 bits per heavy atom. The Bertz CT molecular complexity index is 472. The number of hydrogen-bond acceptors (Lipinski definition) is 3. The van der Waals surface area contributed by atoms with Gasteiger partial charge in [0.2, 0.25) is 11.8 Å². The molecule has 21 heavy (non-hydrogen) atoms. The maximum Gasteiger partial charge on any atom is 0.222 e. The van der Waals surface area contributed by atoms with Crippen LogP contribution in [0.3, 0.4) is 0 Å². The maximum absolute atomic E-state index is 11.7. The zero-order valence-corrected chi connectivity index (χ0v) is 12.9. The number of benzene rings is 1. The van der Waals surface area contributed by atoms with Crippen LogP contribution in [0.1, 0.15) is 25.8 Å². The van der Waals surface area contributed by atoms with Gasteiger partial charge in [0.25, 0.3) is 0 Å². The number of aryl methyl sites for hydroxylation is 1. The lowest BCUT2D eigenvalue weighted by Crippen LogP contribution is -2.36. The zero-order valence-electron chi connectivity index (χ0n) is 12.9. The Labute approximate surface area is 126 Å². The van der Waals surface area contributed by atoms with Gasteiger partial charge in [0.15, 0.2) is 0 Å². The topological polar surface area (TPSA) is 67.4 Å². The Balaban J connectivity index is 2.20. The summed E-state index contributed by atoms with van der Waals surface area (Å²) in [7, 11) is 1.62. The molecule has 0 aromatic heterocycles. The third kappa shape index (κ3) is 6.79. The van der Waals surface area contributed by atoms with Crippen molar-refractivity contribution >= 4 is 11.8 Å². The first-order chi connectivity index (χ1) is 10.0. The Morgan fingerprint density at radius 3 is 2.57 bits per heavy atom. The molecule has 5 heteroatoms. The smallest absolute Gasteiger partial charge is 0.222 e. The summed E-state index contributed by atoms with van der Waals surface area (Å²) in [4.78, 5) is 23.0. The molecule has 5 nitrogen and oxygen atoms in total. The number of methoxy groups -OCH3 is 1. The van der Waals surface area contributed by atoms with Gasteiger partial charge in [-0.2, -0.15) is 0 Å². The van der Waals surface area contributed by atoms with Gasteiger partial charge in [-0.05, 0) is 24.1 Å². The van der Waals surface area contributed by atoms with Crippen molar-refractivity contribution in [1.29, 1.82) is 0 Å².